The summed E-state index contributed by atoms with van der Waals surface area (Å²) in [5, 5.41) is 11.9. The molecule has 1 saturated carbocycles. The van der Waals surface area contributed by atoms with E-state index in [4.69, 9.17) is 5.11 Å². The van der Waals surface area contributed by atoms with Crippen LogP contribution in [0.4, 0.5) is 0 Å². The van der Waals surface area contributed by atoms with Gasteiger partial charge in [0.25, 0.3) is 0 Å². The molecule has 0 heterocycles. The molecule has 2 N–H and O–H groups in total. The second-order valence-electron chi connectivity index (χ2n) is 5.19. The molecule has 0 aliphatic heterocycles. The van der Waals surface area contributed by atoms with Gasteiger partial charge in [-0.1, -0.05) is 30.3 Å². The van der Waals surface area contributed by atoms with E-state index in [0.29, 0.717) is 19.3 Å². The van der Waals surface area contributed by atoms with Gasteiger partial charge in [-0.2, -0.15) is 0 Å². The van der Waals surface area contributed by atoms with Crippen molar-refractivity contribution in [1.82, 2.24) is 5.32 Å². The Morgan fingerprint density at radius 1 is 1.21 bits per heavy atom. The summed E-state index contributed by atoms with van der Waals surface area (Å²) in [6, 6.07) is 9.71. The maximum atomic E-state index is 12.1. The molecule has 1 aliphatic carbocycles. The van der Waals surface area contributed by atoms with Crippen LogP contribution in [-0.2, 0) is 9.59 Å². The third-order valence-electron chi connectivity index (χ3n) is 3.81. The smallest absolute Gasteiger partial charge is 0.306 e. The van der Waals surface area contributed by atoms with Crippen LogP contribution >= 0.6 is 0 Å². The van der Waals surface area contributed by atoms with Crippen molar-refractivity contribution in [3.8, 4) is 0 Å². The molecular formula is C15H19NO3. The van der Waals surface area contributed by atoms with E-state index >= 15 is 0 Å². The number of carboxylic acids is 1. The Hall–Kier alpha value is -1.84. The zero-order chi connectivity index (χ0) is 13.8. The quantitative estimate of drug-likeness (QED) is 0.874. The fourth-order valence-corrected chi connectivity index (χ4v) is 2.60. The van der Waals surface area contributed by atoms with Crippen LogP contribution < -0.4 is 5.32 Å². The van der Waals surface area contributed by atoms with E-state index in [9.17, 15) is 9.59 Å². The van der Waals surface area contributed by atoms with Gasteiger partial charge in [-0.15, -0.1) is 0 Å². The van der Waals surface area contributed by atoms with Crippen LogP contribution in [0.1, 0.15) is 37.8 Å². The molecule has 102 valence electrons. The van der Waals surface area contributed by atoms with Crippen LogP contribution in [0.15, 0.2) is 30.3 Å². The van der Waals surface area contributed by atoms with Crippen molar-refractivity contribution in [2.45, 2.75) is 32.2 Å². The van der Waals surface area contributed by atoms with Gasteiger partial charge in [0.1, 0.15) is 0 Å². The Morgan fingerprint density at radius 3 is 2.42 bits per heavy atom. The van der Waals surface area contributed by atoms with Crippen LogP contribution in [0.3, 0.4) is 0 Å². The molecule has 0 aromatic heterocycles. The van der Waals surface area contributed by atoms with Crippen LogP contribution in [0, 0.1) is 11.8 Å². The van der Waals surface area contributed by atoms with Crippen molar-refractivity contribution in [3.05, 3.63) is 35.9 Å². The van der Waals surface area contributed by atoms with Gasteiger partial charge >= 0.3 is 5.97 Å². The van der Waals surface area contributed by atoms with Gasteiger partial charge in [-0.25, -0.2) is 0 Å². The highest BCUT2D eigenvalue weighted by Crippen LogP contribution is 2.31. The summed E-state index contributed by atoms with van der Waals surface area (Å²) in [4.78, 5) is 23.0. The van der Waals surface area contributed by atoms with Gasteiger partial charge in [-0.05, 0) is 31.7 Å². The number of nitrogens with one attached hydrogen (secondary N) is 1. The van der Waals surface area contributed by atoms with Crippen molar-refractivity contribution >= 4 is 11.9 Å². The molecule has 3 atom stereocenters. The summed E-state index contributed by atoms with van der Waals surface area (Å²) in [6.07, 6.45) is 1.74. The third-order valence-corrected chi connectivity index (χ3v) is 3.81. The molecule has 0 radical (unpaired) electrons. The predicted molar refractivity (Wildman–Crippen MR) is 71.5 cm³/mol. The number of aliphatic carboxylic acids is 1. The Morgan fingerprint density at radius 2 is 1.84 bits per heavy atom. The van der Waals surface area contributed by atoms with E-state index in [-0.39, 0.29) is 23.8 Å². The molecule has 3 unspecified atom stereocenters. The second kappa shape index (κ2) is 5.87. The first-order valence-electron chi connectivity index (χ1n) is 6.66. The van der Waals surface area contributed by atoms with Gasteiger partial charge < -0.3 is 10.4 Å². The monoisotopic (exact) mass is 261 g/mol. The highest BCUT2D eigenvalue weighted by molar-refractivity contribution is 5.81. The van der Waals surface area contributed by atoms with E-state index in [0.717, 1.165) is 5.56 Å². The maximum absolute atomic E-state index is 12.1. The SMILES string of the molecule is CC(NC(=O)C1CCC(C(=O)O)C1)c1ccccc1. The zero-order valence-corrected chi connectivity index (χ0v) is 11.0. The van der Waals surface area contributed by atoms with Crippen molar-refractivity contribution in [2.75, 3.05) is 0 Å². The van der Waals surface area contributed by atoms with Crippen LogP contribution in [0.5, 0.6) is 0 Å². The first-order chi connectivity index (χ1) is 9.08. The molecule has 1 fully saturated rings. The normalized spacial score (nSPS) is 23.8. The number of amides is 1. The summed E-state index contributed by atoms with van der Waals surface area (Å²) in [7, 11) is 0. The average molecular weight is 261 g/mol. The van der Waals surface area contributed by atoms with Crippen molar-refractivity contribution < 1.29 is 14.7 Å². The fraction of sp³-hybridized carbons (Fsp3) is 0.467. The zero-order valence-electron chi connectivity index (χ0n) is 11.0. The summed E-state index contributed by atoms with van der Waals surface area (Å²) in [5.74, 6) is -1.33. The third kappa shape index (κ3) is 3.34. The highest BCUT2D eigenvalue weighted by atomic mass is 16.4. The lowest BCUT2D eigenvalue weighted by atomic mass is 10.0. The Balaban J connectivity index is 1.90. The highest BCUT2D eigenvalue weighted by Gasteiger charge is 2.34. The van der Waals surface area contributed by atoms with Gasteiger partial charge in [-0.3, -0.25) is 9.59 Å². The number of carbonyl (C=O) groups excluding carboxylic acids is 1. The summed E-state index contributed by atoms with van der Waals surface area (Å²) in [6.45, 7) is 1.94. The molecule has 2 rings (SSSR count). The van der Waals surface area contributed by atoms with Gasteiger partial charge in [0, 0.05) is 5.92 Å². The lowest BCUT2D eigenvalue weighted by Crippen LogP contribution is -2.32. The first-order valence-corrected chi connectivity index (χ1v) is 6.66. The number of benzene rings is 1. The van der Waals surface area contributed by atoms with E-state index in [1.165, 1.54) is 0 Å². The number of hydrogen-bond donors (Lipinski definition) is 2. The standard InChI is InChI=1S/C15H19NO3/c1-10(11-5-3-2-4-6-11)16-14(17)12-7-8-13(9-12)15(18)19/h2-6,10,12-13H,7-9H2,1H3,(H,16,17)(H,18,19). The van der Waals surface area contributed by atoms with E-state index in [1.807, 2.05) is 37.3 Å². The first kappa shape index (κ1) is 13.6. The summed E-state index contributed by atoms with van der Waals surface area (Å²) in [5.41, 5.74) is 1.06. The lowest BCUT2D eigenvalue weighted by Gasteiger charge is -2.17. The van der Waals surface area contributed by atoms with E-state index in [1.54, 1.807) is 0 Å². The van der Waals surface area contributed by atoms with Gasteiger partial charge in [0.05, 0.1) is 12.0 Å². The molecule has 0 bridgehead atoms. The number of carboxylic acid groups (broad SMARTS) is 1. The van der Waals surface area contributed by atoms with E-state index in [2.05, 4.69) is 5.32 Å². The van der Waals surface area contributed by atoms with Gasteiger partial charge in [0.2, 0.25) is 5.91 Å². The van der Waals surface area contributed by atoms with Crippen LogP contribution in [0.25, 0.3) is 0 Å². The Kier molecular flexibility index (Phi) is 4.20. The average Bonchev–Trinajstić information content (AvgIpc) is 2.89. The van der Waals surface area contributed by atoms with Crippen LogP contribution in [-0.4, -0.2) is 17.0 Å². The Bertz CT molecular complexity index is 458. The minimum absolute atomic E-state index is 0.0277. The molecule has 1 aromatic carbocycles. The van der Waals surface area contributed by atoms with Gasteiger partial charge in [0.15, 0.2) is 0 Å². The molecule has 4 nitrogen and oxygen atoms in total. The lowest BCUT2D eigenvalue weighted by molar-refractivity contribution is -0.141. The van der Waals surface area contributed by atoms with E-state index < -0.39 is 5.97 Å². The maximum Gasteiger partial charge on any atom is 0.306 e. The molecule has 1 aliphatic rings. The second-order valence-corrected chi connectivity index (χ2v) is 5.19. The van der Waals surface area contributed by atoms with Crippen molar-refractivity contribution in [2.24, 2.45) is 11.8 Å². The summed E-state index contributed by atoms with van der Waals surface area (Å²) < 4.78 is 0. The minimum Gasteiger partial charge on any atom is -0.481 e. The number of carbonyl (C=O) groups is 2. The van der Waals surface area contributed by atoms with Crippen LogP contribution in [0.2, 0.25) is 0 Å². The Labute approximate surface area is 112 Å². The predicted octanol–water partition coefficient (Wildman–Crippen LogP) is 2.36. The minimum atomic E-state index is -0.786. The fourth-order valence-electron chi connectivity index (χ4n) is 2.60. The molecular weight excluding hydrogens is 242 g/mol. The molecule has 1 amide bonds. The molecule has 19 heavy (non-hydrogen) atoms. The topological polar surface area (TPSA) is 66.4 Å². The van der Waals surface area contributed by atoms with Crippen molar-refractivity contribution in [3.63, 3.8) is 0 Å². The molecule has 1 aromatic rings. The molecule has 4 heteroatoms. The van der Waals surface area contributed by atoms with Crippen molar-refractivity contribution in [1.29, 1.82) is 0 Å². The molecule has 0 spiro atoms. The number of rotatable bonds is 4. The summed E-state index contributed by atoms with van der Waals surface area (Å²) >= 11 is 0. The molecule has 0 saturated heterocycles. The largest absolute Gasteiger partial charge is 0.481 e. The number of hydrogen-bond acceptors (Lipinski definition) is 2.